The zero-order valence-electron chi connectivity index (χ0n) is 16.0. The number of pyridine rings is 1. The van der Waals surface area contributed by atoms with Crippen molar-refractivity contribution < 1.29 is 9.32 Å². The lowest BCUT2D eigenvalue weighted by Crippen LogP contribution is -2.48. The van der Waals surface area contributed by atoms with Crippen molar-refractivity contribution in [2.24, 2.45) is 0 Å². The third kappa shape index (κ3) is 3.71. The number of aromatic nitrogens is 2. The predicted molar refractivity (Wildman–Crippen MR) is 104 cm³/mol. The molecule has 27 heavy (non-hydrogen) atoms. The number of rotatable bonds is 3. The molecule has 0 unspecified atom stereocenters. The molecule has 1 aromatic carbocycles. The van der Waals surface area contributed by atoms with Gasteiger partial charge in [0.15, 0.2) is 5.76 Å². The van der Waals surface area contributed by atoms with Crippen LogP contribution in [0.2, 0.25) is 0 Å². The van der Waals surface area contributed by atoms with Gasteiger partial charge in [-0.05, 0) is 39.0 Å². The van der Waals surface area contributed by atoms with E-state index in [2.05, 4.69) is 21.1 Å². The van der Waals surface area contributed by atoms with Gasteiger partial charge in [-0.15, -0.1) is 0 Å². The van der Waals surface area contributed by atoms with Crippen molar-refractivity contribution in [3.05, 3.63) is 58.6 Å². The average molecular weight is 364 g/mol. The molecule has 0 N–H and O–H groups in total. The number of amides is 1. The van der Waals surface area contributed by atoms with Gasteiger partial charge in [0, 0.05) is 43.3 Å². The number of aryl methyl sites for hydroxylation is 3. The molecule has 1 amide bonds. The van der Waals surface area contributed by atoms with Crippen molar-refractivity contribution in [2.45, 2.75) is 27.3 Å². The molecule has 3 heterocycles. The second-order valence-corrected chi connectivity index (χ2v) is 7.33. The Labute approximate surface area is 158 Å². The monoisotopic (exact) mass is 364 g/mol. The zero-order chi connectivity index (χ0) is 19.0. The van der Waals surface area contributed by atoms with E-state index in [0.717, 1.165) is 58.8 Å². The van der Waals surface area contributed by atoms with Crippen LogP contribution in [0.15, 0.2) is 34.9 Å². The highest BCUT2D eigenvalue weighted by Gasteiger charge is 2.24. The Hall–Kier alpha value is -2.73. The first-order chi connectivity index (χ1) is 13.0. The van der Waals surface area contributed by atoms with Crippen LogP contribution in [0.1, 0.15) is 33.1 Å². The molecule has 1 fully saturated rings. The molecular weight excluding hydrogens is 340 g/mol. The summed E-state index contributed by atoms with van der Waals surface area (Å²) < 4.78 is 5.30. The van der Waals surface area contributed by atoms with Crippen molar-refractivity contribution in [1.82, 2.24) is 19.9 Å². The molecular formula is C21H24N4O2. The Morgan fingerprint density at radius 2 is 1.81 bits per heavy atom. The van der Waals surface area contributed by atoms with Crippen LogP contribution < -0.4 is 0 Å². The highest BCUT2D eigenvalue weighted by Crippen LogP contribution is 2.22. The Morgan fingerprint density at radius 1 is 1.04 bits per heavy atom. The van der Waals surface area contributed by atoms with Gasteiger partial charge in [0.25, 0.3) is 5.91 Å². The lowest BCUT2D eigenvalue weighted by molar-refractivity contribution is 0.0619. The SMILES string of the molecule is Cc1ccc2nc(C)cc(C(=O)N3CCN(Cc4cc(C)no4)CC3)c2c1. The summed E-state index contributed by atoms with van der Waals surface area (Å²) in [6, 6.07) is 9.95. The maximum Gasteiger partial charge on any atom is 0.254 e. The van der Waals surface area contributed by atoms with Gasteiger partial charge in [-0.1, -0.05) is 16.8 Å². The quantitative estimate of drug-likeness (QED) is 0.715. The first kappa shape index (κ1) is 17.7. The lowest BCUT2D eigenvalue weighted by atomic mass is 10.0. The van der Waals surface area contributed by atoms with Crippen LogP contribution in [-0.4, -0.2) is 52.0 Å². The van der Waals surface area contributed by atoms with Crippen LogP contribution in [0.4, 0.5) is 0 Å². The van der Waals surface area contributed by atoms with Crippen molar-refractivity contribution in [3.63, 3.8) is 0 Å². The highest BCUT2D eigenvalue weighted by atomic mass is 16.5. The Kier molecular flexibility index (Phi) is 4.66. The Balaban J connectivity index is 1.49. The lowest BCUT2D eigenvalue weighted by Gasteiger charge is -2.34. The second kappa shape index (κ2) is 7.12. The van der Waals surface area contributed by atoms with E-state index in [1.54, 1.807) is 0 Å². The maximum absolute atomic E-state index is 13.2. The average Bonchev–Trinajstić information content (AvgIpc) is 3.06. The van der Waals surface area contributed by atoms with Crippen molar-refractivity contribution >= 4 is 16.8 Å². The molecule has 6 nitrogen and oxygen atoms in total. The van der Waals surface area contributed by atoms with Gasteiger partial charge in [0.05, 0.1) is 23.3 Å². The van der Waals surface area contributed by atoms with E-state index in [0.29, 0.717) is 13.1 Å². The van der Waals surface area contributed by atoms with Gasteiger partial charge in [-0.25, -0.2) is 0 Å². The minimum absolute atomic E-state index is 0.0891. The van der Waals surface area contributed by atoms with Crippen LogP contribution in [0.3, 0.4) is 0 Å². The number of hydrogen-bond acceptors (Lipinski definition) is 5. The normalized spacial score (nSPS) is 15.4. The van der Waals surface area contributed by atoms with E-state index in [9.17, 15) is 4.79 Å². The minimum atomic E-state index is 0.0891. The molecule has 140 valence electrons. The van der Waals surface area contributed by atoms with E-state index >= 15 is 0 Å². The molecule has 0 spiro atoms. The van der Waals surface area contributed by atoms with Crippen LogP contribution >= 0.6 is 0 Å². The number of carbonyl (C=O) groups is 1. The molecule has 0 bridgehead atoms. The standard InChI is InChI=1S/C21H24N4O2/c1-14-4-5-20-18(10-14)19(12-15(2)22-20)21(26)25-8-6-24(7-9-25)13-17-11-16(3)23-27-17/h4-5,10-12H,6-9,13H2,1-3H3. The van der Waals surface area contributed by atoms with Gasteiger partial charge in [-0.3, -0.25) is 14.7 Å². The van der Waals surface area contributed by atoms with E-state index < -0.39 is 0 Å². The number of nitrogens with zero attached hydrogens (tertiary/aromatic N) is 4. The molecule has 0 saturated carbocycles. The summed E-state index contributed by atoms with van der Waals surface area (Å²) in [5.74, 6) is 0.963. The van der Waals surface area contributed by atoms with Crippen molar-refractivity contribution in [3.8, 4) is 0 Å². The Morgan fingerprint density at radius 3 is 2.52 bits per heavy atom. The van der Waals surface area contributed by atoms with Crippen LogP contribution in [0, 0.1) is 20.8 Å². The summed E-state index contributed by atoms with van der Waals surface area (Å²) >= 11 is 0. The van der Waals surface area contributed by atoms with E-state index in [1.165, 1.54) is 0 Å². The fourth-order valence-electron chi connectivity index (χ4n) is 3.64. The van der Waals surface area contributed by atoms with Crippen molar-refractivity contribution in [2.75, 3.05) is 26.2 Å². The Bertz CT molecular complexity index is 987. The van der Waals surface area contributed by atoms with E-state index in [1.807, 2.05) is 49.9 Å². The summed E-state index contributed by atoms with van der Waals surface area (Å²) in [6.07, 6.45) is 0. The van der Waals surface area contributed by atoms with Crippen LogP contribution in [0.25, 0.3) is 10.9 Å². The van der Waals surface area contributed by atoms with E-state index in [4.69, 9.17) is 4.52 Å². The smallest absolute Gasteiger partial charge is 0.254 e. The third-order valence-corrected chi connectivity index (χ3v) is 5.04. The summed E-state index contributed by atoms with van der Waals surface area (Å²) in [6.45, 7) is 9.71. The van der Waals surface area contributed by atoms with Crippen molar-refractivity contribution in [1.29, 1.82) is 0 Å². The fourth-order valence-corrected chi connectivity index (χ4v) is 3.64. The largest absolute Gasteiger partial charge is 0.360 e. The first-order valence-electron chi connectivity index (χ1n) is 9.31. The number of hydrogen-bond donors (Lipinski definition) is 0. The topological polar surface area (TPSA) is 62.5 Å². The van der Waals surface area contributed by atoms with Gasteiger partial charge >= 0.3 is 0 Å². The van der Waals surface area contributed by atoms with Gasteiger partial charge in [-0.2, -0.15) is 0 Å². The second-order valence-electron chi connectivity index (χ2n) is 7.33. The molecule has 1 aliphatic rings. The minimum Gasteiger partial charge on any atom is -0.360 e. The summed E-state index contributed by atoms with van der Waals surface area (Å²) in [5.41, 5.74) is 4.53. The third-order valence-electron chi connectivity index (χ3n) is 5.04. The van der Waals surface area contributed by atoms with E-state index in [-0.39, 0.29) is 5.91 Å². The number of benzene rings is 1. The summed E-state index contributed by atoms with van der Waals surface area (Å²) in [7, 11) is 0. The molecule has 6 heteroatoms. The molecule has 1 saturated heterocycles. The maximum atomic E-state index is 13.2. The molecule has 0 radical (unpaired) electrons. The summed E-state index contributed by atoms with van der Waals surface area (Å²) in [4.78, 5) is 22.0. The molecule has 0 atom stereocenters. The zero-order valence-corrected chi connectivity index (χ0v) is 16.0. The first-order valence-corrected chi connectivity index (χ1v) is 9.31. The molecule has 2 aromatic heterocycles. The number of fused-ring (bicyclic) bond motifs is 1. The summed E-state index contributed by atoms with van der Waals surface area (Å²) in [5, 5.41) is 4.87. The number of piperazine rings is 1. The molecule has 3 aromatic rings. The molecule has 1 aliphatic heterocycles. The fraction of sp³-hybridized carbons (Fsp3) is 0.381. The highest BCUT2D eigenvalue weighted by molar-refractivity contribution is 6.06. The molecule has 0 aliphatic carbocycles. The van der Waals surface area contributed by atoms with Crippen LogP contribution in [0.5, 0.6) is 0 Å². The van der Waals surface area contributed by atoms with Gasteiger partial charge in [0.2, 0.25) is 0 Å². The molecule has 4 rings (SSSR count). The van der Waals surface area contributed by atoms with Gasteiger partial charge in [0.1, 0.15) is 0 Å². The van der Waals surface area contributed by atoms with Crippen LogP contribution in [-0.2, 0) is 6.54 Å². The van der Waals surface area contributed by atoms with Gasteiger partial charge < -0.3 is 9.42 Å². The predicted octanol–water partition coefficient (Wildman–Crippen LogP) is 3.11. The number of carbonyl (C=O) groups excluding carboxylic acids is 1.